The Morgan fingerprint density at radius 3 is 2.91 bits per heavy atom. The summed E-state index contributed by atoms with van der Waals surface area (Å²) in [5, 5.41) is 10.8. The van der Waals surface area contributed by atoms with Crippen LogP contribution in [0.1, 0.15) is 25.7 Å². The van der Waals surface area contributed by atoms with Crippen LogP contribution in [0, 0.1) is 5.41 Å². The molecule has 1 N–H and O–H groups in total. The largest absolute Gasteiger partial charge is 0.313 e. The highest BCUT2D eigenvalue weighted by Gasteiger charge is 2.69. The van der Waals surface area contributed by atoms with Crippen LogP contribution in [0.25, 0.3) is 0 Å². The summed E-state index contributed by atoms with van der Waals surface area (Å²) in [5.74, 6) is 0.344. The predicted molar refractivity (Wildman–Crippen MR) is 37.1 cm³/mol. The number of ketones is 1. The molecule has 1 aliphatic heterocycles. The van der Waals surface area contributed by atoms with Gasteiger partial charge in [-0.2, -0.15) is 5.06 Å². The lowest BCUT2D eigenvalue weighted by molar-refractivity contribution is -0.329. The lowest BCUT2D eigenvalue weighted by Gasteiger charge is -2.64. The maximum atomic E-state index is 11.1. The Bertz CT molecular complexity index is 240. The van der Waals surface area contributed by atoms with Gasteiger partial charge in [0.15, 0.2) is 0 Å². The number of piperidine rings is 1. The first-order valence-corrected chi connectivity index (χ1v) is 4.23. The molecule has 3 aliphatic rings. The van der Waals surface area contributed by atoms with Crippen LogP contribution in [0.4, 0.5) is 0 Å². The molecule has 1 spiro atoms. The lowest BCUT2D eigenvalue weighted by atomic mass is 9.54. The van der Waals surface area contributed by atoms with E-state index >= 15 is 0 Å². The van der Waals surface area contributed by atoms with Crippen molar-refractivity contribution in [1.29, 1.82) is 0 Å². The third-order valence-corrected chi connectivity index (χ3v) is 3.80. The van der Waals surface area contributed by atoms with E-state index in [2.05, 4.69) is 0 Å². The zero-order valence-corrected chi connectivity index (χ0v) is 6.29. The minimum Gasteiger partial charge on any atom is -0.313 e. The quantitative estimate of drug-likeness (QED) is 0.553. The molecule has 0 aromatic rings. The fraction of sp³-hybridized carbons (Fsp3) is 0.875. The van der Waals surface area contributed by atoms with E-state index in [0.717, 1.165) is 19.3 Å². The van der Waals surface area contributed by atoms with Gasteiger partial charge in [0.2, 0.25) is 0 Å². The van der Waals surface area contributed by atoms with Crippen molar-refractivity contribution in [1.82, 2.24) is 5.06 Å². The molecule has 1 saturated heterocycles. The second-order valence-electron chi connectivity index (χ2n) is 4.10. The molecule has 11 heavy (non-hydrogen) atoms. The number of nitrogens with zero attached hydrogens (tertiary/aromatic N) is 1. The molecule has 0 radical (unpaired) electrons. The van der Waals surface area contributed by atoms with Crippen molar-refractivity contribution in [3.8, 4) is 0 Å². The van der Waals surface area contributed by atoms with Crippen molar-refractivity contribution in [3.05, 3.63) is 0 Å². The number of carbonyl (C=O) groups excluding carboxylic acids is 1. The molecular formula is C8H11NO2. The summed E-state index contributed by atoms with van der Waals surface area (Å²) >= 11 is 0. The van der Waals surface area contributed by atoms with E-state index in [9.17, 15) is 10.0 Å². The molecule has 1 heterocycles. The van der Waals surface area contributed by atoms with Gasteiger partial charge >= 0.3 is 0 Å². The smallest absolute Gasteiger partial charge is 0.135 e. The minimum atomic E-state index is 0.189. The molecule has 60 valence electrons. The van der Waals surface area contributed by atoms with Crippen molar-refractivity contribution >= 4 is 5.78 Å². The van der Waals surface area contributed by atoms with Crippen LogP contribution in [-0.2, 0) is 4.79 Å². The fourth-order valence-electron chi connectivity index (χ4n) is 3.10. The van der Waals surface area contributed by atoms with Gasteiger partial charge < -0.3 is 5.21 Å². The number of hydroxylamine groups is 2. The predicted octanol–water partition coefficient (Wildman–Crippen LogP) is 0.572. The van der Waals surface area contributed by atoms with Gasteiger partial charge in [-0.15, -0.1) is 0 Å². The average Bonchev–Trinajstić information content (AvgIpc) is 2.25. The first kappa shape index (κ1) is 6.14. The van der Waals surface area contributed by atoms with Crippen LogP contribution >= 0.6 is 0 Å². The Hall–Kier alpha value is -0.410. The average molecular weight is 153 g/mol. The second kappa shape index (κ2) is 1.52. The zero-order valence-electron chi connectivity index (χ0n) is 6.29. The van der Waals surface area contributed by atoms with E-state index < -0.39 is 0 Å². The Kier molecular flexibility index (Phi) is 0.848. The third kappa shape index (κ3) is 0.462. The first-order valence-electron chi connectivity index (χ1n) is 4.23. The van der Waals surface area contributed by atoms with E-state index in [-0.39, 0.29) is 11.5 Å². The van der Waals surface area contributed by atoms with Gasteiger partial charge in [0, 0.05) is 30.3 Å². The third-order valence-electron chi connectivity index (χ3n) is 3.80. The number of hydrogen-bond donors (Lipinski definition) is 1. The summed E-state index contributed by atoms with van der Waals surface area (Å²) < 4.78 is 0. The summed E-state index contributed by atoms with van der Waals surface area (Å²) in [6.45, 7) is 0. The topological polar surface area (TPSA) is 40.5 Å². The Morgan fingerprint density at radius 1 is 1.55 bits per heavy atom. The van der Waals surface area contributed by atoms with Crippen LogP contribution in [0.5, 0.6) is 0 Å². The van der Waals surface area contributed by atoms with Crippen LogP contribution in [0.15, 0.2) is 0 Å². The van der Waals surface area contributed by atoms with E-state index in [0.29, 0.717) is 18.2 Å². The van der Waals surface area contributed by atoms with Crippen molar-refractivity contribution < 1.29 is 10.0 Å². The summed E-state index contributed by atoms with van der Waals surface area (Å²) in [6.07, 6.45) is 3.57. The van der Waals surface area contributed by atoms with Crippen molar-refractivity contribution in [2.75, 3.05) is 0 Å². The SMILES string of the molecule is O=C1CC2N(O)C3CCC32C1. The number of carbonyl (C=O) groups is 1. The molecule has 0 aromatic heterocycles. The second-order valence-corrected chi connectivity index (χ2v) is 4.10. The van der Waals surface area contributed by atoms with Crippen molar-refractivity contribution in [2.24, 2.45) is 5.41 Å². The summed E-state index contributed by atoms with van der Waals surface area (Å²) in [7, 11) is 0. The molecule has 3 atom stereocenters. The fourth-order valence-corrected chi connectivity index (χ4v) is 3.10. The number of hydrogen-bond acceptors (Lipinski definition) is 3. The van der Waals surface area contributed by atoms with E-state index in [1.165, 1.54) is 5.06 Å². The van der Waals surface area contributed by atoms with Crippen LogP contribution in [-0.4, -0.2) is 28.1 Å². The molecule has 3 fully saturated rings. The normalized spacial score (nSPS) is 54.5. The maximum Gasteiger partial charge on any atom is 0.135 e. The van der Waals surface area contributed by atoms with Gasteiger partial charge in [0.1, 0.15) is 5.78 Å². The van der Waals surface area contributed by atoms with Crippen LogP contribution in [0.3, 0.4) is 0 Å². The number of rotatable bonds is 0. The first-order chi connectivity index (χ1) is 5.24. The Morgan fingerprint density at radius 2 is 2.36 bits per heavy atom. The molecule has 0 bridgehead atoms. The highest BCUT2D eigenvalue weighted by atomic mass is 16.5. The van der Waals surface area contributed by atoms with Gasteiger partial charge in [0.25, 0.3) is 0 Å². The monoisotopic (exact) mass is 153 g/mol. The summed E-state index contributed by atoms with van der Waals surface area (Å²) in [5.41, 5.74) is 0.242. The molecule has 3 rings (SSSR count). The van der Waals surface area contributed by atoms with Gasteiger partial charge in [-0.3, -0.25) is 4.79 Å². The van der Waals surface area contributed by atoms with E-state index in [1.807, 2.05) is 0 Å². The van der Waals surface area contributed by atoms with Gasteiger partial charge in [-0.05, 0) is 12.8 Å². The summed E-state index contributed by atoms with van der Waals surface area (Å²) in [4.78, 5) is 11.1. The van der Waals surface area contributed by atoms with Crippen LogP contribution < -0.4 is 0 Å². The van der Waals surface area contributed by atoms with Crippen LogP contribution in [0.2, 0.25) is 0 Å². The number of Topliss-reactive ketones (excluding diaryl/α,β-unsaturated/α-hetero) is 1. The Labute approximate surface area is 64.9 Å². The van der Waals surface area contributed by atoms with Crippen molar-refractivity contribution in [3.63, 3.8) is 0 Å². The lowest BCUT2D eigenvalue weighted by Crippen LogP contribution is -2.73. The van der Waals surface area contributed by atoms with Gasteiger partial charge in [-0.1, -0.05) is 0 Å². The van der Waals surface area contributed by atoms with E-state index in [1.54, 1.807) is 0 Å². The zero-order chi connectivity index (χ0) is 7.64. The maximum absolute atomic E-state index is 11.1. The Balaban J connectivity index is 1.96. The van der Waals surface area contributed by atoms with Gasteiger partial charge in [-0.25, -0.2) is 0 Å². The highest BCUT2D eigenvalue weighted by molar-refractivity contribution is 5.84. The molecule has 0 amide bonds. The minimum absolute atomic E-state index is 0.189. The molecule has 2 aliphatic carbocycles. The van der Waals surface area contributed by atoms with E-state index in [4.69, 9.17) is 0 Å². The molecular weight excluding hydrogens is 142 g/mol. The molecule has 2 saturated carbocycles. The molecule has 0 aromatic carbocycles. The molecule has 3 heteroatoms. The molecule has 3 nitrogen and oxygen atoms in total. The standard InChI is InChI=1S/C8H11NO2/c10-5-3-7-8(4-5)2-1-6(8)9(7)11/h6-7,11H,1-4H2. The van der Waals surface area contributed by atoms with Crippen molar-refractivity contribution in [2.45, 2.75) is 37.8 Å². The highest BCUT2D eigenvalue weighted by Crippen LogP contribution is 2.63. The molecule has 3 unspecified atom stereocenters. The summed E-state index contributed by atoms with van der Waals surface area (Å²) in [6, 6.07) is 0.521. The van der Waals surface area contributed by atoms with Gasteiger partial charge in [0.05, 0.1) is 0 Å².